The van der Waals surface area contributed by atoms with Crippen molar-refractivity contribution >= 4 is 10.1 Å². The molecule has 0 aromatic carbocycles. The first-order chi connectivity index (χ1) is 12.6. The molecule has 0 radical (unpaired) electrons. The van der Waals surface area contributed by atoms with Crippen LogP contribution in [0.15, 0.2) is 0 Å². The molecule has 1 aliphatic rings. The number of hydrogen-bond acceptors (Lipinski definition) is 3. The highest BCUT2D eigenvalue weighted by atomic mass is 32.2. The zero-order chi connectivity index (χ0) is 20.8. The molecule has 0 aromatic rings. The molecule has 8 heteroatoms. The molecular weight excluding hydrogens is 379 g/mol. The Morgan fingerprint density at radius 3 is 1.85 bits per heavy atom. The van der Waals surface area contributed by atoms with Crippen molar-refractivity contribution in [2.45, 2.75) is 96.4 Å². The first kappa shape index (κ1) is 26.7. The van der Waals surface area contributed by atoms with E-state index in [-0.39, 0.29) is 0 Å². The van der Waals surface area contributed by atoms with Crippen LogP contribution in [0.3, 0.4) is 0 Å². The second kappa shape index (κ2) is 14.6. The number of unbranched alkanes of at least 4 members (excludes halogenated alkanes) is 8. The molecule has 0 aliphatic carbocycles. The molecule has 4 nitrogen and oxygen atoms in total. The summed E-state index contributed by atoms with van der Waals surface area (Å²) in [6.07, 6.45) is 17.5. The van der Waals surface area contributed by atoms with Gasteiger partial charge < -0.3 is 9.45 Å². The third kappa shape index (κ3) is 14.3. The Morgan fingerprint density at radius 2 is 1.41 bits per heavy atom. The summed E-state index contributed by atoms with van der Waals surface area (Å²) >= 11 is 0. The molecule has 0 aromatic heterocycles. The fourth-order valence-corrected chi connectivity index (χ4v) is 3.59. The van der Waals surface area contributed by atoms with Crippen LogP contribution in [0, 0.1) is 5.92 Å². The van der Waals surface area contributed by atoms with Crippen LogP contribution in [0.25, 0.3) is 0 Å². The lowest BCUT2D eigenvalue weighted by Crippen LogP contribution is -3.10. The van der Waals surface area contributed by atoms with Crippen molar-refractivity contribution < 1.29 is 31.0 Å². The molecule has 1 heterocycles. The largest absolute Gasteiger partial charge is 0.741 e. The van der Waals surface area contributed by atoms with Crippen LogP contribution in [0.2, 0.25) is 0 Å². The number of hydrogen-bond donors (Lipinski definition) is 1. The molecule has 164 valence electrons. The highest BCUT2D eigenvalue weighted by Crippen LogP contribution is 2.20. The molecular formula is C19H38F3NO3S. The molecule has 0 saturated carbocycles. The normalized spacial score (nSPS) is 20.4. The maximum absolute atomic E-state index is 10.7. The Labute approximate surface area is 163 Å². The molecule has 0 bridgehead atoms. The Morgan fingerprint density at radius 1 is 0.926 bits per heavy atom. The van der Waals surface area contributed by atoms with Crippen LogP contribution in [-0.2, 0) is 10.1 Å². The van der Waals surface area contributed by atoms with Gasteiger partial charge in [-0.05, 0) is 19.3 Å². The van der Waals surface area contributed by atoms with Gasteiger partial charge in [-0.3, -0.25) is 0 Å². The van der Waals surface area contributed by atoms with Crippen LogP contribution < -0.4 is 4.90 Å². The van der Waals surface area contributed by atoms with E-state index >= 15 is 0 Å². The van der Waals surface area contributed by atoms with Crippen molar-refractivity contribution in [3.63, 3.8) is 0 Å². The van der Waals surface area contributed by atoms with Gasteiger partial charge in [0.05, 0.1) is 19.6 Å². The lowest BCUT2D eigenvalue weighted by atomic mass is 10.0. The fourth-order valence-electron chi connectivity index (χ4n) is 3.59. The van der Waals surface area contributed by atoms with Crippen LogP contribution >= 0.6 is 0 Å². The van der Waals surface area contributed by atoms with Crippen molar-refractivity contribution in [3.8, 4) is 0 Å². The van der Waals surface area contributed by atoms with E-state index in [1.54, 1.807) is 0 Å². The van der Waals surface area contributed by atoms with Gasteiger partial charge in [0.1, 0.15) is 0 Å². The summed E-state index contributed by atoms with van der Waals surface area (Å²) in [5.74, 6) is 1.05. The quantitative estimate of drug-likeness (QED) is 0.293. The monoisotopic (exact) mass is 417 g/mol. The molecule has 27 heavy (non-hydrogen) atoms. The zero-order valence-electron chi connectivity index (χ0n) is 17.0. The molecule has 1 saturated heterocycles. The average Bonchev–Trinajstić information content (AvgIpc) is 3.00. The van der Waals surface area contributed by atoms with Crippen LogP contribution in [-0.4, -0.2) is 38.1 Å². The van der Waals surface area contributed by atoms with Crippen molar-refractivity contribution in [3.05, 3.63) is 0 Å². The molecule has 1 aliphatic heterocycles. The summed E-state index contributed by atoms with van der Waals surface area (Å²) in [6, 6.07) is 0. The summed E-state index contributed by atoms with van der Waals surface area (Å²) in [6.45, 7) is 9.02. The molecule has 1 N–H and O–H groups in total. The van der Waals surface area contributed by atoms with Crippen LogP contribution in [0.4, 0.5) is 13.2 Å². The Kier molecular flexibility index (Phi) is 14.4. The lowest BCUT2D eigenvalue weighted by molar-refractivity contribution is -0.889. The Hall–Kier alpha value is -0.340. The average molecular weight is 418 g/mol. The molecule has 1 fully saturated rings. The van der Waals surface area contributed by atoms with Crippen molar-refractivity contribution in [1.82, 2.24) is 0 Å². The fraction of sp³-hybridized carbons (Fsp3) is 1.00. The van der Waals surface area contributed by atoms with Gasteiger partial charge in [0, 0.05) is 12.3 Å². The topological polar surface area (TPSA) is 61.6 Å². The SMILES string of the molecule is CCCCCCCCCCC[NH+]1CCC(CCC)C1.O=S(=O)([O-])C(F)(F)F. The minimum Gasteiger partial charge on any atom is -0.741 e. The van der Waals surface area contributed by atoms with E-state index in [0.29, 0.717) is 0 Å². The minimum atomic E-state index is -6.09. The second-order valence-electron chi connectivity index (χ2n) is 7.63. The van der Waals surface area contributed by atoms with E-state index in [0.717, 1.165) is 5.92 Å². The van der Waals surface area contributed by atoms with E-state index in [1.807, 2.05) is 4.90 Å². The van der Waals surface area contributed by atoms with E-state index in [2.05, 4.69) is 13.8 Å². The van der Waals surface area contributed by atoms with E-state index < -0.39 is 15.6 Å². The van der Waals surface area contributed by atoms with Gasteiger partial charge in [0.2, 0.25) is 0 Å². The standard InChI is InChI=1S/C18H37N.CHF3O3S/c1-3-5-6-7-8-9-10-11-12-15-19-16-14-18(17-19)13-4-2;2-1(3,4)8(5,6)7/h18H,3-17H2,1-2H3;(H,5,6,7). The van der Waals surface area contributed by atoms with E-state index in [1.165, 1.54) is 96.7 Å². The number of nitrogens with one attached hydrogen (secondary N) is 1. The van der Waals surface area contributed by atoms with Gasteiger partial charge in [-0.25, -0.2) is 8.42 Å². The minimum absolute atomic E-state index is 1.05. The molecule has 2 atom stereocenters. The highest BCUT2D eigenvalue weighted by Gasteiger charge is 2.36. The summed E-state index contributed by atoms with van der Waals surface area (Å²) in [5.41, 5.74) is -5.65. The maximum Gasteiger partial charge on any atom is 0.485 e. The number of halogens is 3. The highest BCUT2D eigenvalue weighted by molar-refractivity contribution is 7.86. The Bertz CT molecular complexity index is 456. The number of alkyl halides is 3. The third-order valence-corrected chi connectivity index (χ3v) is 5.66. The van der Waals surface area contributed by atoms with Gasteiger partial charge in [-0.1, -0.05) is 65.2 Å². The molecule has 2 unspecified atom stereocenters. The predicted molar refractivity (Wildman–Crippen MR) is 102 cm³/mol. The predicted octanol–water partition coefficient (Wildman–Crippen LogP) is 4.27. The van der Waals surface area contributed by atoms with Gasteiger partial charge >= 0.3 is 5.51 Å². The number of quaternary nitrogens is 1. The second-order valence-corrected chi connectivity index (χ2v) is 9.00. The smallest absolute Gasteiger partial charge is 0.485 e. The zero-order valence-corrected chi connectivity index (χ0v) is 17.8. The van der Waals surface area contributed by atoms with Crippen molar-refractivity contribution in [2.24, 2.45) is 5.92 Å². The number of likely N-dealkylation sites (tertiary alicyclic amines) is 1. The van der Waals surface area contributed by atoms with Gasteiger partial charge in [0.15, 0.2) is 10.1 Å². The van der Waals surface area contributed by atoms with Crippen LogP contribution in [0.1, 0.15) is 90.9 Å². The molecule has 0 spiro atoms. The van der Waals surface area contributed by atoms with Crippen molar-refractivity contribution in [1.29, 1.82) is 0 Å². The maximum atomic E-state index is 10.7. The molecule has 0 amide bonds. The lowest BCUT2D eigenvalue weighted by Gasteiger charge is -2.13. The summed E-state index contributed by atoms with van der Waals surface area (Å²) in [7, 11) is -6.09. The summed E-state index contributed by atoms with van der Waals surface area (Å²) in [4.78, 5) is 1.90. The first-order valence-electron chi connectivity index (χ1n) is 10.5. The van der Waals surface area contributed by atoms with E-state index in [4.69, 9.17) is 13.0 Å². The number of rotatable bonds is 12. The summed E-state index contributed by atoms with van der Waals surface area (Å²) < 4.78 is 58.9. The Balaban J connectivity index is 0.000000713. The van der Waals surface area contributed by atoms with Crippen LogP contribution in [0.5, 0.6) is 0 Å². The third-order valence-electron chi connectivity index (χ3n) is 5.10. The molecule has 1 rings (SSSR count). The van der Waals surface area contributed by atoms with E-state index in [9.17, 15) is 13.2 Å². The van der Waals surface area contributed by atoms with Gasteiger partial charge in [0.25, 0.3) is 0 Å². The van der Waals surface area contributed by atoms with Crippen molar-refractivity contribution in [2.75, 3.05) is 19.6 Å². The van der Waals surface area contributed by atoms with Gasteiger partial charge in [-0.15, -0.1) is 0 Å². The summed E-state index contributed by atoms with van der Waals surface area (Å²) in [5, 5.41) is 0. The first-order valence-corrected chi connectivity index (χ1v) is 11.9. The van der Waals surface area contributed by atoms with Gasteiger partial charge in [-0.2, -0.15) is 13.2 Å².